The van der Waals surface area contributed by atoms with E-state index in [1.54, 1.807) is 31.2 Å². The molecule has 0 aliphatic rings. The molecule has 32 heavy (non-hydrogen) atoms. The standard InChI is InChI=1S/C20H15FN4O5S2/c1-12(14-7-3-2-5-13(14)6-4-8-26)25-16-9-15(21)18(10-17(16)30-20(25)27)32(28,29)24-19-22-11-23-31-19/h2-3,5,7,9-12,26H,8H2,1H3,(H,22,23,24)/t12-/m1/s1. The smallest absolute Gasteiger partial charge is 0.408 e. The van der Waals surface area contributed by atoms with Crippen molar-refractivity contribution in [3.05, 3.63) is 70.2 Å². The first-order valence-corrected chi connectivity index (χ1v) is 11.4. The van der Waals surface area contributed by atoms with Crippen LogP contribution in [0, 0.1) is 17.7 Å². The predicted octanol–water partition coefficient (Wildman–Crippen LogP) is 2.34. The van der Waals surface area contributed by atoms with Gasteiger partial charge in [0.05, 0.1) is 11.6 Å². The lowest BCUT2D eigenvalue weighted by Crippen LogP contribution is -2.20. The van der Waals surface area contributed by atoms with Gasteiger partial charge in [0.25, 0.3) is 10.0 Å². The Balaban J connectivity index is 1.81. The van der Waals surface area contributed by atoms with E-state index in [4.69, 9.17) is 9.52 Å². The number of benzene rings is 2. The fourth-order valence-corrected chi connectivity index (χ4v) is 4.98. The van der Waals surface area contributed by atoms with E-state index in [9.17, 15) is 17.6 Å². The molecule has 9 nitrogen and oxygen atoms in total. The van der Waals surface area contributed by atoms with Crippen LogP contribution < -0.4 is 10.5 Å². The number of hydrogen-bond donors (Lipinski definition) is 2. The summed E-state index contributed by atoms with van der Waals surface area (Å²) in [6, 6.07) is 8.27. The maximum Gasteiger partial charge on any atom is 0.420 e. The van der Waals surface area contributed by atoms with Crippen LogP contribution in [0.2, 0.25) is 0 Å². The van der Waals surface area contributed by atoms with E-state index in [2.05, 4.69) is 25.9 Å². The van der Waals surface area contributed by atoms with Gasteiger partial charge in [0.15, 0.2) is 5.58 Å². The molecular formula is C20H15FN4O5S2. The van der Waals surface area contributed by atoms with E-state index in [1.165, 1.54) is 4.57 Å². The van der Waals surface area contributed by atoms with Crippen LogP contribution in [0.25, 0.3) is 11.1 Å². The molecule has 0 amide bonds. The summed E-state index contributed by atoms with van der Waals surface area (Å²) in [6.07, 6.45) is 1.16. The summed E-state index contributed by atoms with van der Waals surface area (Å²) in [4.78, 5) is 15.6. The third-order valence-electron chi connectivity index (χ3n) is 4.64. The van der Waals surface area contributed by atoms with Crippen LogP contribution in [0.15, 0.2) is 56.8 Å². The van der Waals surface area contributed by atoms with E-state index < -0.39 is 32.5 Å². The van der Waals surface area contributed by atoms with E-state index >= 15 is 0 Å². The lowest BCUT2D eigenvalue weighted by atomic mass is 10.0. The van der Waals surface area contributed by atoms with Gasteiger partial charge >= 0.3 is 5.76 Å². The minimum atomic E-state index is -4.33. The van der Waals surface area contributed by atoms with E-state index in [-0.39, 0.29) is 22.8 Å². The maximum atomic E-state index is 14.9. The van der Waals surface area contributed by atoms with Crippen LogP contribution in [0.3, 0.4) is 0 Å². The minimum Gasteiger partial charge on any atom is -0.408 e. The predicted molar refractivity (Wildman–Crippen MR) is 115 cm³/mol. The molecule has 164 valence electrons. The second-order valence-corrected chi connectivity index (χ2v) is 8.99. The number of aromatic nitrogens is 3. The molecule has 0 spiro atoms. The zero-order valence-corrected chi connectivity index (χ0v) is 18.1. The van der Waals surface area contributed by atoms with Gasteiger partial charge in [-0.25, -0.2) is 22.6 Å². The number of rotatable bonds is 5. The summed E-state index contributed by atoms with van der Waals surface area (Å²) in [5, 5.41) is 8.95. The largest absolute Gasteiger partial charge is 0.420 e. The molecule has 2 aromatic heterocycles. The van der Waals surface area contributed by atoms with Gasteiger partial charge in [-0.05, 0) is 18.6 Å². The van der Waals surface area contributed by atoms with Gasteiger partial charge < -0.3 is 9.52 Å². The third-order valence-corrected chi connectivity index (χ3v) is 6.70. The van der Waals surface area contributed by atoms with Crippen molar-refractivity contribution in [2.24, 2.45) is 0 Å². The second kappa shape index (κ2) is 8.54. The molecule has 0 unspecified atom stereocenters. The van der Waals surface area contributed by atoms with Crippen LogP contribution >= 0.6 is 11.5 Å². The molecule has 0 saturated heterocycles. The van der Waals surface area contributed by atoms with Crippen molar-refractivity contribution >= 4 is 37.8 Å². The van der Waals surface area contributed by atoms with Crippen molar-refractivity contribution in [2.75, 3.05) is 11.3 Å². The number of sulfonamides is 1. The Labute approximate surface area is 185 Å². The molecule has 4 rings (SSSR count). The van der Waals surface area contributed by atoms with E-state index in [0.717, 1.165) is 30.0 Å². The summed E-state index contributed by atoms with van der Waals surface area (Å²) < 4.78 is 52.3. The van der Waals surface area contributed by atoms with E-state index in [1.807, 2.05) is 0 Å². The van der Waals surface area contributed by atoms with Gasteiger partial charge in [-0.3, -0.25) is 9.29 Å². The number of fused-ring (bicyclic) bond motifs is 1. The molecule has 0 saturated carbocycles. The molecule has 0 aliphatic heterocycles. The number of halogens is 1. The van der Waals surface area contributed by atoms with Crippen LogP contribution in [0.5, 0.6) is 0 Å². The number of aliphatic hydroxyl groups excluding tert-OH is 1. The molecule has 12 heteroatoms. The molecule has 0 radical (unpaired) electrons. The number of nitrogens with zero attached hydrogens (tertiary/aromatic N) is 3. The van der Waals surface area contributed by atoms with Crippen molar-refractivity contribution < 1.29 is 22.3 Å². The van der Waals surface area contributed by atoms with Crippen LogP contribution in [-0.2, 0) is 10.0 Å². The zero-order chi connectivity index (χ0) is 22.9. The van der Waals surface area contributed by atoms with Crippen LogP contribution in [-0.4, -0.2) is 34.1 Å². The molecule has 2 aromatic carbocycles. The number of nitrogens with one attached hydrogen (secondary N) is 1. The normalized spacial score (nSPS) is 12.3. The highest BCUT2D eigenvalue weighted by molar-refractivity contribution is 7.93. The van der Waals surface area contributed by atoms with Gasteiger partial charge in [-0.1, -0.05) is 30.0 Å². The topological polar surface area (TPSA) is 127 Å². The van der Waals surface area contributed by atoms with Crippen molar-refractivity contribution in [2.45, 2.75) is 17.9 Å². The van der Waals surface area contributed by atoms with Gasteiger partial charge in [0.1, 0.15) is 23.6 Å². The van der Waals surface area contributed by atoms with Crippen molar-refractivity contribution in [3.63, 3.8) is 0 Å². The lowest BCUT2D eigenvalue weighted by Gasteiger charge is -2.15. The fraction of sp³-hybridized carbons (Fsp3) is 0.150. The summed E-state index contributed by atoms with van der Waals surface area (Å²) in [5.41, 5.74) is 1.21. The average Bonchev–Trinajstić information content (AvgIpc) is 3.37. The molecule has 2 heterocycles. The highest BCUT2D eigenvalue weighted by Gasteiger charge is 2.26. The van der Waals surface area contributed by atoms with Crippen LogP contribution in [0.4, 0.5) is 9.52 Å². The highest BCUT2D eigenvalue weighted by atomic mass is 32.2. The summed E-state index contributed by atoms with van der Waals surface area (Å²) >= 11 is 0.791. The van der Waals surface area contributed by atoms with Crippen molar-refractivity contribution in [3.8, 4) is 11.8 Å². The summed E-state index contributed by atoms with van der Waals surface area (Å²) in [6.45, 7) is 1.38. The molecule has 0 fully saturated rings. The molecule has 2 N–H and O–H groups in total. The molecule has 4 aromatic rings. The Bertz CT molecular complexity index is 1520. The first kappa shape index (κ1) is 21.7. The summed E-state index contributed by atoms with van der Waals surface area (Å²) in [5.74, 6) is 3.52. The van der Waals surface area contributed by atoms with Crippen molar-refractivity contribution in [1.82, 2.24) is 13.9 Å². The van der Waals surface area contributed by atoms with Gasteiger partial charge in [0, 0.05) is 29.2 Å². The monoisotopic (exact) mass is 474 g/mol. The number of anilines is 1. The van der Waals surface area contributed by atoms with Crippen molar-refractivity contribution in [1.29, 1.82) is 0 Å². The second-order valence-electron chi connectivity index (χ2n) is 6.56. The Hall–Kier alpha value is -3.53. The molecular weight excluding hydrogens is 459 g/mol. The molecule has 0 bridgehead atoms. The lowest BCUT2D eigenvalue weighted by molar-refractivity contribution is 0.350. The Kier molecular flexibility index (Phi) is 5.79. The Morgan fingerprint density at radius 1 is 1.34 bits per heavy atom. The molecule has 0 aliphatic carbocycles. The zero-order valence-electron chi connectivity index (χ0n) is 16.4. The number of oxazole rings is 1. The van der Waals surface area contributed by atoms with E-state index in [0.29, 0.717) is 11.1 Å². The average molecular weight is 474 g/mol. The fourth-order valence-electron chi connectivity index (χ4n) is 3.25. The quantitative estimate of drug-likeness (QED) is 0.425. The first-order valence-electron chi connectivity index (χ1n) is 9.14. The summed E-state index contributed by atoms with van der Waals surface area (Å²) in [7, 11) is -4.33. The SMILES string of the molecule is C[C@H](c1ccccc1C#CCO)n1c(=O)oc2cc(S(=O)(=O)Nc3ncns3)c(F)cc21. The van der Waals surface area contributed by atoms with Gasteiger partial charge in [-0.2, -0.15) is 4.37 Å². The first-order chi connectivity index (χ1) is 15.3. The Morgan fingerprint density at radius 2 is 2.12 bits per heavy atom. The maximum absolute atomic E-state index is 14.9. The van der Waals surface area contributed by atoms with Crippen LogP contribution in [0.1, 0.15) is 24.1 Å². The van der Waals surface area contributed by atoms with Gasteiger partial charge in [0.2, 0.25) is 5.13 Å². The highest BCUT2D eigenvalue weighted by Crippen LogP contribution is 2.28. The minimum absolute atomic E-state index is 0.0299. The third kappa shape index (κ3) is 4.01. The molecule has 1 atom stereocenters. The van der Waals surface area contributed by atoms with Gasteiger partial charge in [-0.15, -0.1) is 0 Å². The Morgan fingerprint density at radius 3 is 2.84 bits per heavy atom. The number of hydrogen-bond acceptors (Lipinski definition) is 8. The number of aliphatic hydroxyl groups is 1.